The van der Waals surface area contributed by atoms with E-state index in [1.807, 2.05) is 37.8 Å². The van der Waals surface area contributed by atoms with E-state index in [0.29, 0.717) is 12.5 Å². The topological polar surface area (TPSA) is 56.3 Å². The average Bonchev–Trinajstić information content (AvgIpc) is 3.10. The van der Waals surface area contributed by atoms with E-state index in [1.54, 1.807) is 0 Å². The predicted octanol–water partition coefficient (Wildman–Crippen LogP) is 1.36. The van der Waals surface area contributed by atoms with Gasteiger partial charge in [-0.1, -0.05) is 30.3 Å². The predicted molar refractivity (Wildman–Crippen MR) is 86.5 cm³/mol. The number of ether oxygens (including phenoxy) is 1. The van der Waals surface area contributed by atoms with Crippen LogP contribution < -0.4 is 5.73 Å². The Morgan fingerprint density at radius 2 is 2.09 bits per heavy atom. The highest BCUT2D eigenvalue weighted by Gasteiger charge is 2.32. The minimum absolute atomic E-state index is 0.171. The van der Waals surface area contributed by atoms with E-state index < -0.39 is 0 Å². The third-order valence-corrected chi connectivity index (χ3v) is 4.34. The lowest BCUT2D eigenvalue weighted by molar-refractivity contribution is 0.0986. The molecule has 2 N–H and O–H groups in total. The average molecular weight is 300 g/mol. The summed E-state index contributed by atoms with van der Waals surface area (Å²) in [5.74, 6) is 0.363. The molecule has 1 aliphatic heterocycles. The highest BCUT2D eigenvalue weighted by Crippen LogP contribution is 2.25. The van der Waals surface area contributed by atoms with Gasteiger partial charge in [-0.25, -0.2) is 4.98 Å². The third kappa shape index (κ3) is 3.55. The maximum atomic E-state index is 6.30. The van der Waals surface area contributed by atoms with Gasteiger partial charge in [0.1, 0.15) is 0 Å². The van der Waals surface area contributed by atoms with E-state index in [0.717, 1.165) is 26.2 Å². The van der Waals surface area contributed by atoms with E-state index in [1.165, 1.54) is 11.3 Å². The second-order valence-electron chi connectivity index (χ2n) is 6.00. The van der Waals surface area contributed by atoms with Crippen LogP contribution in [0, 0.1) is 0 Å². The molecule has 0 amide bonds. The number of imidazole rings is 1. The van der Waals surface area contributed by atoms with E-state index >= 15 is 0 Å². The molecule has 5 nitrogen and oxygen atoms in total. The fourth-order valence-electron chi connectivity index (χ4n) is 3.09. The summed E-state index contributed by atoms with van der Waals surface area (Å²) in [6.07, 6.45) is 3.77. The zero-order valence-corrected chi connectivity index (χ0v) is 13.1. The summed E-state index contributed by atoms with van der Waals surface area (Å²) in [6, 6.07) is 10.4. The molecule has 0 saturated carbocycles. The van der Waals surface area contributed by atoms with E-state index in [2.05, 4.69) is 26.6 Å². The summed E-state index contributed by atoms with van der Waals surface area (Å²) in [5, 5.41) is 0. The van der Waals surface area contributed by atoms with Gasteiger partial charge < -0.3 is 15.0 Å². The highest BCUT2D eigenvalue weighted by atomic mass is 16.5. The number of benzene rings is 1. The number of aromatic nitrogens is 2. The molecule has 0 radical (unpaired) electrons. The van der Waals surface area contributed by atoms with Gasteiger partial charge in [-0.3, -0.25) is 4.90 Å². The molecule has 0 spiro atoms. The fourth-order valence-corrected chi connectivity index (χ4v) is 3.09. The maximum absolute atomic E-state index is 6.30. The molecular formula is C17H24N4O. The maximum Gasteiger partial charge on any atom is 0.0945 e. The van der Waals surface area contributed by atoms with Gasteiger partial charge in [0.05, 0.1) is 19.5 Å². The Labute approximate surface area is 131 Å². The van der Waals surface area contributed by atoms with Crippen LogP contribution in [0.25, 0.3) is 0 Å². The molecule has 2 aromatic rings. The first-order valence-corrected chi connectivity index (χ1v) is 7.80. The van der Waals surface area contributed by atoms with Crippen molar-refractivity contribution in [3.63, 3.8) is 0 Å². The van der Waals surface area contributed by atoms with Crippen LogP contribution in [0.1, 0.15) is 17.2 Å². The van der Waals surface area contributed by atoms with Gasteiger partial charge in [0.2, 0.25) is 0 Å². The fraction of sp³-hybridized carbons (Fsp3) is 0.471. The monoisotopic (exact) mass is 300 g/mol. The number of likely N-dealkylation sites (tertiary alicyclic amines) is 1. The SMILES string of the molecule is Cn1cncc1[C@@H]1CN(CCOCc2ccccc2)C[C@H]1N. The van der Waals surface area contributed by atoms with Crippen LogP contribution in [0.4, 0.5) is 0 Å². The normalized spacial score (nSPS) is 22.3. The van der Waals surface area contributed by atoms with Crippen LogP contribution in [0.3, 0.4) is 0 Å². The van der Waals surface area contributed by atoms with Crippen molar-refractivity contribution in [3.05, 3.63) is 54.1 Å². The Balaban J connectivity index is 1.44. The van der Waals surface area contributed by atoms with Gasteiger partial charge in [-0.2, -0.15) is 0 Å². The molecule has 1 aromatic carbocycles. The van der Waals surface area contributed by atoms with Gasteiger partial charge >= 0.3 is 0 Å². The summed E-state index contributed by atoms with van der Waals surface area (Å²) in [5.41, 5.74) is 8.74. The summed E-state index contributed by atoms with van der Waals surface area (Å²) in [6.45, 7) is 4.24. The number of rotatable bonds is 6. The second kappa shape index (κ2) is 7.05. The molecule has 0 aliphatic carbocycles. The molecule has 3 rings (SSSR count). The third-order valence-electron chi connectivity index (χ3n) is 4.34. The van der Waals surface area contributed by atoms with Crippen LogP contribution in [0.2, 0.25) is 0 Å². The molecule has 2 heterocycles. The summed E-state index contributed by atoms with van der Waals surface area (Å²) in [4.78, 5) is 6.58. The summed E-state index contributed by atoms with van der Waals surface area (Å²) in [7, 11) is 2.03. The number of hydrogen-bond acceptors (Lipinski definition) is 4. The van der Waals surface area contributed by atoms with Gasteiger partial charge in [-0.15, -0.1) is 0 Å². The smallest absolute Gasteiger partial charge is 0.0945 e. The molecule has 1 aliphatic rings. The first kappa shape index (κ1) is 15.2. The van der Waals surface area contributed by atoms with Crippen LogP contribution in [0.15, 0.2) is 42.9 Å². The Bertz CT molecular complexity index is 583. The number of nitrogens with two attached hydrogens (primary N) is 1. The standard InChI is InChI=1S/C17H24N4O/c1-20-13-19-9-17(20)15-10-21(11-16(15)18)7-8-22-12-14-5-3-2-4-6-14/h2-6,9,13,15-16H,7-8,10-12,18H2,1H3/t15-,16-/m1/s1. The minimum atomic E-state index is 0.171. The summed E-state index contributed by atoms with van der Waals surface area (Å²) < 4.78 is 7.84. The molecule has 22 heavy (non-hydrogen) atoms. The molecule has 0 unspecified atom stereocenters. The molecule has 2 atom stereocenters. The van der Waals surface area contributed by atoms with Crippen molar-refractivity contribution < 1.29 is 4.74 Å². The second-order valence-corrected chi connectivity index (χ2v) is 6.00. The summed E-state index contributed by atoms with van der Waals surface area (Å²) >= 11 is 0. The number of aryl methyl sites for hydroxylation is 1. The van der Waals surface area contributed by atoms with Crippen molar-refractivity contribution >= 4 is 0 Å². The van der Waals surface area contributed by atoms with E-state index in [4.69, 9.17) is 10.5 Å². The van der Waals surface area contributed by atoms with Crippen LogP contribution >= 0.6 is 0 Å². The zero-order valence-electron chi connectivity index (χ0n) is 13.1. The molecular weight excluding hydrogens is 276 g/mol. The zero-order chi connectivity index (χ0) is 15.4. The first-order valence-electron chi connectivity index (χ1n) is 7.80. The van der Waals surface area contributed by atoms with Gasteiger partial charge in [-0.05, 0) is 5.56 Å². The molecule has 1 saturated heterocycles. The van der Waals surface area contributed by atoms with E-state index in [-0.39, 0.29) is 6.04 Å². The van der Waals surface area contributed by atoms with E-state index in [9.17, 15) is 0 Å². The van der Waals surface area contributed by atoms with Crippen LogP contribution in [-0.2, 0) is 18.4 Å². The molecule has 0 bridgehead atoms. The molecule has 1 aromatic heterocycles. The molecule has 1 fully saturated rings. The Morgan fingerprint density at radius 3 is 2.82 bits per heavy atom. The Morgan fingerprint density at radius 1 is 1.27 bits per heavy atom. The van der Waals surface area contributed by atoms with Gasteiger partial charge in [0.25, 0.3) is 0 Å². The van der Waals surface area contributed by atoms with Crippen molar-refractivity contribution in [2.24, 2.45) is 12.8 Å². The van der Waals surface area contributed by atoms with Gasteiger partial charge in [0, 0.05) is 50.5 Å². The minimum Gasteiger partial charge on any atom is -0.375 e. The number of nitrogens with zero attached hydrogens (tertiary/aromatic N) is 3. The first-order chi connectivity index (χ1) is 10.7. The van der Waals surface area contributed by atoms with Crippen molar-refractivity contribution in [2.75, 3.05) is 26.2 Å². The Kier molecular flexibility index (Phi) is 4.87. The van der Waals surface area contributed by atoms with Crippen molar-refractivity contribution in [1.82, 2.24) is 14.5 Å². The lowest BCUT2D eigenvalue weighted by atomic mass is 10.0. The number of hydrogen-bond donors (Lipinski definition) is 1. The van der Waals surface area contributed by atoms with Crippen molar-refractivity contribution in [3.8, 4) is 0 Å². The van der Waals surface area contributed by atoms with Gasteiger partial charge in [0.15, 0.2) is 0 Å². The Hall–Kier alpha value is -1.69. The quantitative estimate of drug-likeness (QED) is 0.819. The largest absolute Gasteiger partial charge is 0.375 e. The highest BCUT2D eigenvalue weighted by molar-refractivity contribution is 5.14. The molecule has 5 heteroatoms. The van der Waals surface area contributed by atoms with Crippen molar-refractivity contribution in [2.45, 2.75) is 18.6 Å². The molecule has 118 valence electrons. The van der Waals surface area contributed by atoms with Crippen LogP contribution in [-0.4, -0.2) is 46.7 Å². The van der Waals surface area contributed by atoms with Crippen molar-refractivity contribution in [1.29, 1.82) is 0 Å². The van der Waals surface area contributed by atoms with Crippen LogP contribution in [0.5, 0.6) is 0 Å². The lowest BCUT2D eigenvalue weighted by Crippen LogP contribution is -2.30. The lowest BCUT2D eigenvalue weighted by Gasteiger charge is -2.16.